The van der Waals surface area contributed by atoms with Crippen molar-refractivity contribution in [1.29, 1.82) is 0 Å². The summed E-state index contributed by atoms with van der Waals surface area (Å²) in [5.41, 5.74) is 1.56. The molecule has 0 bridgehead atoms. The van der Waals surface area contributed by atoms with Crippen LogP contribution in [-0.2, 0) is 9.53 Å². The fraction of sp³-hybridized carbons (Fsp3) is 0.273. The van der Waals surface area contributed by atoms with E-state index in [1.807, 2.05) is 42.5 Å². The molecule has 2 aliphatic heterocycles. The number of rotatable bonds is 3. The number of nitrogens with one attached hydrogen (secondary N) is 1. The minimum atomic E-state index is -0.730. The summed E-state index contributed by atoms with van der Waals surface area (Å²) in [5.74, 6) is 6.82. The number of amides is 2. The molecule has 7 heteroatoms. The molecule has 1 saturated heterocycles. The standard InChI is InChI=1S/C22H20N2O5/c1-15-20(29-19-7-3-2-6-18(19)28-15)21(25)23-12-4-5-16-8-10-17(11-9-16)24-13-14-27-22(24)26/h2-3,6-11,15,20H,12-14H2,1H3,(H,23,25). The van der Waals surface area contributed by atoms with Gasteiger partial charge in [-0.25, -0.2) is 4.79 Å². The Balaban J connectivity index is 1.31. The highest BCUT2D eigenvalue weighted by molar-refractivity contribution is 5.89. The van der Waals surface area contributed by atoms with Crippen LogP contribution in [-0.4, -0.2) is 43.9 Å². The van der Waals surface area contributed by atoms with Gasteiger partial charge in [-0.05, 0) is 43.3 Å². The third-order valence-corrected chi connectivity index (χ3v) is 4.62. The molecule has 0 saturated carbocycles. The molecule has 0 spiro atoms. The van der Waals surface area contributed by atoms with Gasteiger partial charge in [-0.1, -0.05) is 24.0 Å². The van der Waals surface area contributed by atoms with E-state index in [9.17, 15) is 9.59 Å². The summed E-state index contributed by atoms with van der Waals surface area (Å²) in [4.78, 5) is 25.6. The Morgan fingerprint density at radius 2 is 1.86 bits per heavy atom. The Labute approximate surface area is 168 Å². The number of nitrogens with zero attached hydrogens (tertiary/aromatic N) is 1. The van der Waals surface area contributed by atoms with Crippen molar-refractivity contribution in [1.82, 2.24) is 5.32 Å². The van der Waals surface area contributed by atoms with Crippen molar-refractivity contribution in [2.24, 2.45) is 0 Å². The molecular formula is C22H20N2O5. The van der Waals surface area contributed by atoms with Crippen molar-refractivity contribution in [3.05, 3.63) is 54.1 Å². The van der Waals surface area contributed by atoms with Crippen molar-refractivity contribution >= 4 is 17.7 Å². The van der Waals surface area contributed by atoms with Crippen LogP contribution in [0.3, 0.4) is 0 Å². The van der Waals surface area contributed by atoms with Crippen LogP contribution in [0.5, 0.6) is 11.5 Å². The zero-order valence-corrected chi connectivity index (χ0v) is 15.9. The van der Waals surface area contributed by atoms with Gasteiger partial charge in [0.15, 0.2) is 11.5 Å². The Bertz CT molecular complexity index is 977. The highest BCUT2D eigenvalue weighted by atomic mass is 16.6. The molecule has 0 aromatic heterocycles. The first-order valence-corrected chi connectivity index (χ1v) is 9.35. The third kappa shape index (κ3) is 4.11. The van der Waals surface area contributed by atoms with Crippen LogP contribution in [0.1, 0.15) is 12.5 Å². The largest absolute Gasteiger partial charge is 0.482 e. The van der Waals surface area contributed by atoms with E-state index >= 15 is 0 Å². The van der Waals surface area contributed by atoms with E-state index in [1.54, 1.807) is 17.9 Å². The molecule has 2 aromatic rings. The van der Waals surface area contributed by atoms with E-state index in [0.717, 1.165) is 11.3 Å². The lowest BCUT2D eigenvalue weighted by atomic mass is 10.1. The van der Waals surface area contributed by atoms with E-state index < -0.39 is 12.2 Å². The number of hydrogen-bond acceptors (Lipinski definition) is 5. The van der Waals surface area contributed by atoms with Crippen molar-refractivity contribution in [3.63, 3.8) is 0 Å². The van der Waals surface area contributed by atoms with E-state index in [4.69, 9.17) is 14.2 Å². The van der Waals surface area contributed by atoms with Gasteiger partial charge in [-0.3, -0.25) is 9.69 Å². The molecule has 1 N–H and O–H groups in total. The minimum Gasteiger partial charge on any atom is -0.482 e. The number of carbonyl (C=O) groups excluding carboxylic acids is 2. The third-order valence-electron chi connectivity index (χ3n) is 4.62. The van der Waals surface area contributed by atoms with Crippen molar-refractivity contribution < 1.29 is 23.8 Å². The first-order chi connectivity index (χ1) is 14.1. The van der Waals surface area contributed by atoms with Crippen LogP contribution >= 0.6 is 0 Å². The fourth-order valence-corrected chi connectivity index (χ4v) is 3.14. The number of hydrogen-bond donors (Lipinski definition) is 1. The molecule has 29 heavy (non-hydrogen) atoms. The molecule has 2 atom stereocenters. The average Bonchev–Trinajstić information content (AvgIpc) is 3.17. The first kappa shape index (κ1) is 18.7. The molecule has 2 amide bonds. The van der Waals surface area contributed by atoms with Gasteiger partial charge in [-0.2, -0.15) is 0 Å². The molecule has 2 unspecified atom stereocenters. The van der Waals surface area contributed by atoms with Gasteiger partial charge in [-0.15, -0.1) is 0 Å². The highest BCUT2D eigenvalue weighted by Crippen LogP contribution is 2.33. The molecule has 2 heterocycles. The Hall–Kier alpha value is -3.66. The van der Waals surface area contributed by atoms with Gasteiger partial charge in [0.2, 0.25) is 6.10 Å². The zero-order chi connectivity index (χ0) is 20.2. The maximum absolute atomic E-state index is 12.4. The lowest BCUT2D eigenvalue weighted by Gasteiger charge is -2.30. The summed E-state index contributed by atoms with van der Waals surface area (Å²) >= 11 is 0. The quantitative estimate of drug-likeness (QED) is 0.812. The number of fused-ring (bicyclic) bond motifs is 1. The second kappa shape index (κ2) is 8.15. The van der Waals surface area contributed by atoms with Gasteiger partial charge < -0.3 is 19.5 Å². The summed E-state index contributed by atoms with van der Waals surface area (Å²) in [6.07, 6.45) is -1.47. The van der Waals surface area contributed by atoms with Gasteiger partial charge in [0, 0.05) is 11.3 Å². The van der Waals surface area contributed by atoms with Crippen LogP contribution in [0.25, 0.3) is 0 Å². The van der Waals surface area contributed by atoms with E-state index in [1.165, 1.54) is 0 Å². The van der Waals surface area contributed by atoms with Gasteiger partial charge in [0.05, 0.1) is 13.1 Å². The Morgan fingerprint density at radius 1 is 1.14 bits per heavy atom. The predicted octanol–water partition coefficient (Wildman–Crippen LogP) is 2.34. The highest BCUT2D eigenvalue weighted by Gasteiger charge is 2.33. The van der Waals surface area contributed by atoms with Gasteiger partial charge >= 0.3 is 6.09 Å². The van der Waals surface area contributed by atoms with E-state index in [0.29, 0.717) is 24.7 Å². The number of anilines is 1. The van der Waals surface area contributed by atoms with Crippen molar-refractivity contribution in [2.45, 2.75) is 19.1 Å². The summed E-state index contributed by atoms with van der Waals surface area (Å²) in [6, 6.07) is 14.6. The monoisotopic (exact) mass is 392 g/mol. The smallest absolute Gasteiger partial charge is 0.414 e. The van der Waals surface area contributed by atoms with Gasteiger partial charge in [0.25, 0.3) is 5.91 Å². The van der Waals surface area contributed by atoms with Crippen LogP contribution in [0.15, 0.2) is 48.5 Å². The molecule has 0 radical (unpaired) electrons. The molecule has 4 rings (SSSR count). The van der Waals surface area contributed by atoms with Crippen LogP contribution in [0.4, 0.5) is 10.5 Å². The topological polar surface area (TPSA) is 77.1 Å². The summed E-state index contributed by atoms with van der Waals surface area (Å²) in [5, 5.41) is 2.76. The SMILES string of the molecule is CC1Oc2ccccc2OC1C(=O)NCC#Cc1ccc(N2CCOC2=O)cc1. The fourth-order valence-electron chi connectivity index (χ4n) is 3.14. The molecule has 7 nitrogen and oxygen atoms in total. The second-order valence-corrected chi connectivity index (χ2v) is 6.64. The molecule has 148 valence electrons. The number of cyclic esters (lactones) is 1. The number of ether oxygens (including phenoxy) is 3. The number of carbonyl (C=O) groups is 2. The number of benzene rings is 2. The first-order valence-electron chi connectivity index (χ1n) is 9.35. The lowest BCUT2D eigenvalue weighted by molar-refractivity contribution is -0.133. The lowest BCUT2D eigenvalue weighted by Crippen LogP contribution is -2.49. The molecule has 2 aromatic carbocycles. The summed E-state index contributed by atoms with van der Waals surface area (Å²) in [7, 11) is 0. The van der Waals surface area contributed by atoms with Crippen molar-refractivity contribution in [2.75, 3.05) is 24.6 Å². The van der Waals surface area contributed by atoms with Gasteiger partial charge in [0.1, 0.15) is 12.7 Å². The summed E-state index contributed by atoms with van der Waals surface area (Å²) in [6.45, 7) is 2.93. The predicted molar refractivity (Wildman–Crippen MR) is 106 cm³/mol. The normalized spacial score (nSPS) is 19.8. The van der Waals surface area contributed by atoms with Crippen molar-refractivity contribution in [3.8, 4) is 23.3 Å². The maximum atomic E-state index is 12.4. The molecule has 2 aliphatic rings. The molecule has 0 aliphatic carbocycles. The van der Waals surface area contributed by atoms with Crippen LogP contribution in [0, 0.1) is 11.8 Å². The second-order valence-electron chi connectivity index (χ2n) is 6.64. The van der Waals surface area contributed by atoms with E-state index in [-0.39, 0.29) is 18.5 Å². The minimum absolute atomic E-state index is 0.188. The molecule has 1 fully saturated rings. The summed E-state index contributed by atoms with van der Waals surface area (Å²) < 4.78 is 16.4. The average molecular weight is 392 g/mol. The zero-order valence-electron chi connectivity index (χ0n) is 15.9. The Morgan fingerprint density at radius 3 is 2.55 bits per heavy atom. The Kier molecular flexibility index (Phi) is 5.25. The van der Waals surface area contributed by atoms with Crippen LogP contribution in [0.2, 0.25) is 0 Å². The number of para-hydroxylation sites is 2. The maximum Gasteiger partial charge on any atom is 0.414 e. The van der Waals surface area contributed by atoms with Crippen LogP contribution < -0.4 is 19.7 Å². The molecular weight excluding hydrogens is 372 g/mol. The van der Waals surface area contributed by atoms with E-state index in [2.05, 4.69) is 17.2 Å².